The van der Waals surface area contributed by atoms with Crippen LogP contribution in [0, 0.1) is 11.7 Å². The number of H-pyrrole nitrogens is 1. The summed E-state index contributed by atoms with van der Waals surface area (Å²) in [5.41, 5.74) is 0. The van der Waals surface area contributed by atoms with Gasteiger partial charge in [-0.25, -0.2) is 0 Å². The van der Waals surface area contributed by atoms with Crippen LogP contribution < -0.4 is 9.78 Å². The van der Waals surface area contributed by atoms with Crippen molar-refractivity contribution in [2.75, 3.05) is 6.61 Å². The Hall–Kier alpha value is -1.37. The standard InChI is InChI=1S/C7H12N4O2S/c1-4-13-7(12)9-11-5(2)10(3)8-6(11)14/h4H2,1-3H3,(H-,8,9,12,14). The molecule has 0 fully saturated rings. The summed E-state index contributed by atoms with van der Waals surface area (Å²) in [5.74, 6) is 0.725. The predicted octanol–water partition coefficient (Wildman–Crippen LogP) is -0.805. The minimum atomic E-state index is -0.647. The summed E-state index contributed by atoms with van der Waals surface area (Å²) >= 11 is 4.95. The fourth-order valence-corrected chi connectivity index (χ4v) is 1.22. The normalized spacial score (nSPS) is 11.8. The molecule has 7 heteroatoms. The number of aromatic nitrogens is 3. The first-order valence-corrected chi connectivity index (χ1v) is 4.53. The van der Waals surface area contributed by atoms with E-state index in [2.05, 4.69) is 14.9 Å². The maximum Gasteiger partial charge on any atom is 0.347 e. The maximum absolute atomic E-state index is 11.0. The van der Waals surface area contributed by atoms with Gasteiger partial charge >= 0.3 is 4.77 Å². The molecule has 0 saturated carbocycles. The molecule has 0 saturated heterocycles. The quantitative estimate of drug-likeness (QED) is 0.304. The lowest BCUT2D eigenvalue weighted by Crippen LogP contribution is -2.37. The highest BCUT2D eigenvalue weighted by Gasteiger charge is 2.10. The van der Waals surface area contributed by atoms with Gasteiger partial charge in [-0.3, -0.25) is 0 Å². The zero-order chi connectivity index (χ0) is 10.7. The summed E-state index contributed by atoms with van der Waals surface area (Å²) in [7, 11) is 1.78. The van der Waals surface area contributed by atoms with Gasteiger partial charge in [-0.05, 0) is 6.61 Å². The summed E-state index contributed by atoms with van der Waals surface area (Å²) in [6.07, 6.45) is -0.647. The minimum absolute atomic E-state index is 0.297. The Labute approximate surface area is 86.4 Å². The van der Waals surface area contributed by atoms with E-state index in [0.717, 1.165) is 5.82 Å². The van der Waals surface area contributed by atoms with Crippen LogP contribution in [0.3, 0.4) is 0 Å². The van der Waals surface area contributed by atoms with Gasteiger partial charge in [-0.1, -0.05) is 16.7 Å². The lowest BCUT2D eigenvalue weighted by atomic mass is 10.7. The van der Waals surface area contributed by atoms with E-state index in [9.17, 15) is 5.11 Å². The second kappa shape index (κ2) is 4.23. The molecule has 0 aliphatic rings. The van der Waals surface area contributed by atoms with Gasteiger partial charge in [0, 0.05) is 19.1 Å². The van der Waals surface area contributed by atoms with Crippen molar-refractivity contribution in [1.29, 1.82) is 0 Å². The van der Waals surface area contributed by atoms with Crippen molar-refractivity contribution in [2.24, 2.45) is 12.1 Å². The Balaban J connectivity index is 3.08. The van der Waals surface area contributed by atoms with Gasteiger partial charge < -0.3 is 9.84 Å². The van der Waals surface area contributed by atoms with Gasteiger partial charge in [-0.2, -0.15) is 4.68 Å². The van der Waals surface area contributed by atoms with Crippen molar-refractivity contribution in [3.05, 3.63) is 10.6 Å². The lowest BCUT2D eigenvalue weighted by molar-refractivity contribution is -0.695. The van der Waals surface area contributed by atoms with Gasteiger partial charge in [0.1, 0.15) is 0 Å². The van der Waals surface area contributed by atoms with E-state index >= 15 is 0 Å². The summed E-state index contributed by atoms with van der Waals surface area (Å²) in [6, 6.07) is 0. The van der Waals surface area contributed by atoms with Crippen LogP contribution in [0.4, 0.5) is 0 Å². The number of rotatable bonds is 2. The average molecular weight is 216 g/mol. The summed E-state index contributed by atoms with van der Waals surface area (Å²) in [4.78, 5) is 0. The van der Waals surface area contributed by atoms with Crippen molar-refractivity contribution >= 4 is 18.3 Å². The lowest BCUT2D eigenvalue weighted by Gasteiger charge is -2.08. The highest BCUT2D eigenvalue weighted by Crippen LogP contribution is 1.87. The first-order valence-electron chi connectivity index (χ1n) is 4.12. The number of aromatic amines is 1. The van der Waals surface area contributed by atoms with E-state index in [-0.39, 0.29) is 0 Å². The zero-order valence-electron chi connectivity index (χ0n) is 8.27. The Bertz CT molecular complexity index is 406. The molecule has 0 amide bonds. The average Bonchev–Trinajstić information content (AvgIpc) is 2.33. The summed E-state index contributed by atoms with van der Waals surface area (Å²) in [6.45, 7) is 3.80. The number of ether oxygens (including phenoxy) is 1. The van der Waals surface area contributed by atoms with Crippen LogP contribution in [0.15, 0.2) is 5.10 Å². The fraction of sp³-hybridized carbons (Fsp3) is 0.571. The SMILES string of the molecule is CCO/C([O-])=N/[n+]1c(C)n(C)[nH]c1=S. The number of nitrogens with one attached hydrogen (secondary N) is 1. The van der Waals surface area contributed by atoms with Gasteiger partial charge in [0.15, 0.2) is 6.08 Å². The molecule has 6 nitrogen and oxygen atoms in total. The van der Waals surface area contributed by atoms with Crippen LogP contribution >= 0.6 is 12.2 Å². The first-order chi connectivity index (χ1) is 6.56. The fourth-order valence-electron chi connectivity index (χ4n) is 0.913. The largest absolute Gasteiger partial charge is 0.598 e. The van der Waals surface area contributed by atoms with Crippen LogP contribution in [0.1, 0.15) is 12.7 Å². The molecule has 0 atom stereocenters. The van der Waals surface area contributed by atoms with Gasteiger partial charge in [-0.15, -0.1) is 5.10 Å². The van der Waals surface area contributed by atoms with E-state index in [1.54, 1.807) is 25.6 Å². The predicted molar refractivity (Wildman–Crippen MR) is 50.0 cm³/mol. The van der Waals surface area contributed by atoms with Crippen LogP contribution in [-0.2, 0) is 11.8 Å². The number of nitrogens with zero attached hydrogens (tertiary/aromatic N) is 3. The molecule has 0 aliphatic heterocycles. The van der Waals surface area contributed by atoms with Crippen LogP contribution in [0.25, 0.3) is 0 Å². The molecule has 14 heavy (non-hydrogen) atoms. The van der Waals surface area contributed by atoms with E-state index in [0.29, 0.717) is 11.4 Å². The smallest absolute Gasteiger partial charge is 0.347 e. The van der Waals surface area contributed by atoms with Gasteiger partial charge in [0.2, 0.25) is 0 Å². The zero-order valence-corrected chi connectivity index (χ0v) is 9.09. The van der Waals surface area contributed by atoms with Crippen molar-refractivity contribution < 1.29 is 14.5 Å². The second-order valence-corrected chi connectivity index (χ2v) is 3.02. The molecule has 1 aromatic rings. The molecular formula is C7H12N4O2S. The topological polar surface area (TPSA) is 69.2 Å². The molecule has 0 aliphatic carbocycles. The molecular weight excluding hydrogens is 204 g/mol. The van der Waals surface area contributed by atoms with E-state index < -0.39 is 6.08 Å². The van der Waals surface area contributed by atoms with Gasteiger partial charge in [0.05, 0.1) is 7.05 Å². The Kier molecular flexibility index (Phi) is 3.23. The minimum Gasteiger partial charge on any atom is -0.598 e. The number of hydrogen-bond donors (Lipinski definition) is 1. The molecule has 0 bridgehead atoms. The third-order valence-corrected chi connectivity index (χ3v) is 1.96. The summed E-state index contributed by atoms with van der Waals surface area (Å²) in [5, 5.41) is 17.5. The van der Waals surface area contributed by atoms with Crippen LogP contribution in [0.5, 0.6) is 0 Å². The third kappa shape index (κ3) is 2.11. The highest BCUT2D eigenvalue weighted by atomic mass is 32.1. The molecule has 78 valence electrons. The maximum atomic E-state index is 11.0. The Morgan fingerprint density at radius 1 is 1.79 bits per heavy atom. The molecule has 1 heterocycles. The summed E-state index contributed by atoms with van der Waals surface area (Å²) < 4.78 is 8.03. The molecule has 0 spiro atoms. The van der Waals surface area contributed by atoms with Crippen molar-refractivity contribution in [3.8, 4) is 0 Å². The van der Waals surface area contributed by atoms with Crippen LogP contribution in [0.2, 0.25) is 0 Å². The van der Waals surface area contributed by atoms with E-state index in [1.807, 2.05) is 0 Å². The van der Waals surface area contributed by atoms with E-state index in [4.69, 9.17) is 12.2 Å². The highest BCUT2D eigenvalue weighted by molar-refractivity contribution is 7.71. The molecule has 1 N–H and O–H groups in total. The Morgan fingerprint density at radius 3 is 2.86 bits per heavy atom. The molecule has 1 aromatic heterocycles. The number of hydrogen-bond acceptors (Lipinski definition) is 4. The first kappa shape index (κ1) is 10.7. The monoisotopic (exact) mass is 216 g/mol. The molecule has 0 radical (unpaired) electrons. The van der Waals surface area contributed by atoms with Gasteiger partial charge in [0.25, 0.3) is 5.82 Å². The van der Waals surface area contributed by atoms with Crippen LogP contribution in [-0.4, -0.2) is 22.5 Å². The second-order valence-electron chi connectivity index (χ2n) is 2.63. The van der Waals surface area contributed by atoms with Crippen molar-refractivity contribution in [2.45, 2.75) is 13.8 Å². The molecule has 1 rings (SSSR count). The molecule has 0 unspecified atom stereocenters. The van der Waals surface area contributed by atoms with E-state index in [1.165, 1.54) is 4.68 Å². The molecule has 0 aromatic carbocycles. The van der Waals surface area contributed by atoms with Crippen molar-refractivity contribution in [3.63, 3.8) is 0 Å². The van der Waals surface area contributed by atoms with Crippen molar-refractivity contribution in [1.82, 2.24) is 9.78 Å². The Morgan fingerprint density at radius 2 is 2.43 bits per heavy atom. The number of aryl methyl sites for hydroxylation is 1. The third-order valence-electron chi connectivity index (χ3n) is 1.70.